The Labute approximate surface area is 171 Å². The standard InChI is InChI=1S/C19H19ClN4O3S/c1-19(2,3)24-18(26)23-14(25)8-27-16-15-13(9-28-17(15)22-10-21-16)11-4-6-12(20)7-5-11/h4-7,9-10H,8H2,1-3H3,(H2,23,24,25,26). The zero-order valence-electron chi connectivity index (χ0n) is 15.6. The average Bonchev–Trinajstić information content (AvgIpc) is 3.03. The molecule has 9 heteroatoms. The van der Waals surface area contributed by atoms with Gasteiger partial charge in [-0.05, 0) is 38.5 Å². The zero-order valence-corrected chi connectivity index (χ0v) is 17.1. The Morgan fingerprint density at radius 2 is 1.89 bits per heavy atom. The third kappa shape index (κ3) is 4.96. The van der Waals surface area contributed by atoms with Crippen LogP contribution < -0.4 is 15.4 Å². The van der Waals surface area contributed by atoms with Crippen LogP contribution in [0.5, 0.6) is 5.88 Å². The number of carbonyl (C=O) groups excluding carboxylic acids is 2. The van der Waals surface area contributed by atoms with Crippen molar-refractivity contribution < 1.29 is 14.3 Å². The van der Waals surface area contributed by atoms with Gasteiger partial charge in [0.2, 0.25) is 5.88 Å². The molecule has 2 aromatic heterocycles. The summed E-state index contributed by atoms with van der Waals surface area (Å²) in [5.74, 6) is -0.292. The first kappa shape index (κ1) is 20.0. The molecule has 0 saturated heterocycles. The van der Waals surface area contributed by atoms with Crippen LogP contribution in [0, 0.1) is 0 Å². The predicted molar refractivity (Wildman–Crippen MR) is 110 cm³/mol. The molecule has 0 aliphatic carbocycles. The molecular weight excluding hydrogens is 400 g/mol. The van der Waals surface area contributed by atoms with Gasteiger partial charge in [0.05, 0.1) is 5.39 Å². The fourth-order valence-corrected chi connectivity index (χ4v) is 3.50. The molecule has 0 unspecified atom stereocenters. The van der Waals surface area contributed by atoms with Crippen molar-refractivity contribution in [2.75, 3.05) is 6.61 Å². The molecule has 0 aliphatic heterocycles. The number of nitrogens with one attached hydrogen (secondary N) is 2. The van der Waals surface area contributed by atoms with Crippen LogP contribution in [0.1, 0.15) is 20.8 Å². The number of urea groups is 1. The average molecular weight is 419 g/mol. The van der Waals surface area contributed by atoms with Gasteiger partial charge < -0.3 is 10.1 Å². The van der Waals surface area contributed by atoms with Crippen molar-refractivity contribution in [1.82, 2.24) is 20.6 Å². The Balaban J connectivity index is 1.76. The number of imide groups is 1. The van der Waals surface area contributed by atoms with Crippen LogP contribution in [0.15, 0.2) is 36.0 Å². The van der Waals surface area contributed by atoms with Crippen LogP contribution in [0.2, 0.25) is 5.02 Å². The molecule has 0 bridgehead atoms. The maximum atomic E-state index is 12.0. The Morgan fingerprint density at radius 1 is 1.18 bits per heavy atom. The van der Waals surface area contributed by atoms with Crippen LogP contribution in [0.4, 0.5) is 4.79 Å². The van der Waals surface area contributed by atoms with E-state index in [4.69, 9.17) is 16.3 Å². The quantitative estimate of drug-likeness (QED) is 0.667. The summed E-state index contributed by atoms with van der Waals surface area (Å²) >= 11 is 7.41. The summed E-state index contributed by atoms with van der Waals surface area (Å²) in [6.45, 7) is 5.11. The van der Waals surface area contributed by atoms with Crippen LogP contribution in [0.3, 0.4) is 0 Å². The van der Waals surface area contributed by atoms with Crippen LogP contribution in [-0.2, 0) is 4.79 Å². The number of aromatic nitrogens is 2. The van der Waals surface area contributed by atoms with Gasteiger partial charge in [0.1, 0.15) is 11.2 Å². The van der Waals surface area contributed by atoms with Crippen molar-refractivity contribution in [3.05, 3.63) is 41.0 Å². The second-order valence-corrected chi connectivity index (χ2v) is 8.35. The number of rotatable bonds is 4. The van der Waals surface area contributed by atoms with Crippen LogP contribution in [0.25, 0.3) is 21.3 Å². The molecule has 28 heavy (non-hydrogen) atoms. The zero-order chi connectivity index (χ0) is 20.3. The summed E-state index contributed by atoms with van der Waals surface area (Å²) in [6.07, 6.45) is 1.38. The molecule has 0 atom stereocenters. The van der Waals surface area contributed by atoms with E-state index in [0.29, 0.717) is 10.4 Å². The van der Waals surface area contributed by atoms with E-state index >= 15 is 0 Å². The molecule has 7 nitrogen and oxygen atoms in total. The molecule has 3 amide bonds. The summed E-state index contributed by atoms with van der Waals surface area (Å²) in [6, 6.07) is 6.80. The monoisotopic (exact) mass is 418 g/mol. The van der Waals surface area contributed by atoms with Gasteiger partial charge in [-0.2, -0.15) is 0 Å². The molecule has 0 aliphatic rings. The minimum absolute atomic E-state index is 0.280. The van der Waals surface area contributed by atoms with Gasteiger partial charge >= 0.3 is 6.03 Å². The van der Waals surface area contributed by atoms with E-state index in [1.807, 2.05) is 38.3 Å². The first-order chi connectivity index (χ1) is 13.2. The van der Waals surface area contributed by atoms with Crippen molar-refractivity contribution in [3.8, 4) is 17.0 Å². The molecule has 0 fully saturated rings. The fourth-order valence-electron chi connectivity index (χ4n) is 2.47. The van der Waals surface area contributed by atoms with Crippen LogP contribution in [-0.4, -0.2) is 34.1 Å². The summed E-state index contributed by atoms with van der Waals surface area (Å²) in [7, 11) is 0. The highest BCUT2D eigenvalue weighted by Gasteiger charge is 2.18. The lowest BCUT2D eigenvalue weighted by Gasteiger charge is -2.20. The van der Waals surface area contributed by atoms with Gasteiger partial charge in [0.25, 0.3) is 5.91 Å². The van der Waals surface area contributed by atoms with E-state index in [9.17, 15) is 9.59 Å². The van der Waals surface area contributed by atoms with E-state index in [1.54, 1.807) is 12.1 Å². The first-order valence-electron chi connectivity index (χ1n) is 8.46. The molecule has 0 spiro atoms. The third-order valence-corrected chi connectivity index (χ3v) is 4.71. The molecule has 146 valence electrons. The van der Waals surface area contributed by atoms with Crippen molar-refractivity contribution in [1.29, 1.82) is 0 Å². The summed E-state index contributed by atoms with van der Waals surface area (Å²) in [4.78, 5) is 33.0. The maximum Gasteiger partial charge on any atom is 0.321 e. The van der Waals surface area contributed by atoms with E-state index in [-0.39, 0.29) is 12.5 Å². The lowest BCUT2D eigenvalue weighted by Crippen LogP contribution is -2.49. The van der Waals surface area contributed by atoms with Crippen molar-refractivity contribution in [3.63, 3.8) is 0 Å². The number of amides is 3. The topological polar surface area (TPSA) is 93.2 Å². The van der Waals surface area contributed by atoms with Gasteiger partial charge in [-0.3, -0.25) is 10.1 Å². The highest BCUT2D eigenvalue weighted by atomic mass is 35.5. The number of benzene rings is 1. The molecule has 2 heterocycles. The predicted octanol–water partition coefficient (Wildman–Crippen LogP) is 4.01. The molecule has 0 radical (unpaired) electrons. The lowest BCUT2D eigenvalue weighted by atomic mass is 10.1. The third-order valence-electron chi connectivity index (χ3n) is 3.57. The number of carbonyl (C=O) groups is 2. The number of fused-ring (bicyclic) bond motifs is 1. The Hall–Kier alpha value is -2.71. The summed E-state index contributed by atoms with van der Waals surface area (Å²) < 4.78 is 5.59. The van der Waals surface area contributed by atoms with Crippen LogP contribution >= 0.6 is 22.9 Å². The fraction of sp³-hybridized carbons (Fsp3) is 0.263. The number of ether oxygens (including phenoxy) is 1. The number of halogens is 1. The minimum Gasteiger partial charge on any atom is -0.467 e. The molecule has 2 N–H and O–H groups in total. The van der Waals surface area contributed by atoms with Crippen molar-refractivity contribution >= 4 is 45.1 Å². The van der Waals surface area contributed by atoms with Gasteiger partial charge in [-0.15, -0.1) is 11.3 Å². The SMILES string of the molecule is CC(C)(C)NC(=O)NC(=O)COc1ncnc2scc(-c3ccc(Cl)cc3)c12. The smallest absolute Gasteiger partial charge is 0.321 e. The number of hydrogen-bond acceptors (Lipinski definition) is 6. The largest absolute Gasteiger partial charge is 0.467 e. The van der Waals surface area contributed by atoms with Gasteiger partial charge in [0, 0.05) is 21.5 Å². The van der Waals surface area contributed by atoms with Gasteiger partial charge in [-0.1, -0.05) is 23.7 Å². The Bertz CT molecular complexity index is 1010. The van der Waals surface area contributed by atoms with E-state index in [0.717, 1.165) is 16.0 Å². The highest BCUT2D eigenvalue weighted by Crippen LogP contribution is 2.37. The minimum atomic E-state index is -0.577. The second kappa shape index (κ2) is 8.12. The number of hydrogen-bond donors (Lipinski definition) is 2. The first-order valence-corrected chi connectivity index (χ1v) is 9.71. The van der Waals surface area contributed by atoms with Gasteiger partial charge in [0.15, 0.2) is 6.61 Å². The molecule has 1 aromatic carbocycles. The van der Waals surface area contributed by atoms with E-state index in [1.165, 1.54) is 17.7 Å². The summed E-state index contributed by atoms with van der Waals surface area (Å²) in [5, 5.41) is 8.18. The number of thiophene rings is 1. The normalized spacial score (nSPS) is 11.3. The summed E-state index contributed by atoms with van der Waals surface area (Å²) in [5.41, 5.74) is 1.37. The van der Waals surface area contributed by atoms with Gasteiger partial charge in [-0.25, -0.2) is 14.8 Å². The number of nitrogens with zero attached hydrogens (tertiary/aromatic N) is 2. The molecule has 0 saturated carbocycles. The highest BCUT2D eigenvalue weighted by molar-refractivity contribution is 7.17. The van der Waals surface area contributed by atoms with E-state index in [2.05, 4.69) is 20.6 Å². The maximum absolute atomic E-state index is 12.0. The Morgan fingerprint density at radius 3 is 2.57 bits per heavy atom. The molecular formula is C19H19ClN4O3S. The van der Waals surface area contributed by atoms with Crippen molar-refractivity contribution in [2.24, 2.45) is 0 Å². The second-order valence-electron chi connectivity index (χ2n) is 7.06. The van der Waals surface area contributed by atoms with Crippen molar-refractivity contribution in [2.45, 2.75) is 26.3 Å². The molecule has 3 rings (SSSR count). The van der Waals surface area contributed by atoms with E-state index < -0.39 is 17.5 Å². The molecule has 3 aromatic rings. The Kier molecular flexibility index (Phi) is 5.81. The lowest BCUT2D eigenvalue weighted by molar-refractivity contribution is -0.122.